The van der Waals surface area contributed by atoms with E-state index in [-0.39, 0.29) is 35.1 Å². The van der Waals surface area contributed by atoms with Crippen molar-refractivity contribution in [3.8, 4) is 5.75 Å². The molecule has 4 atom stereocenters. The van der Waals surface area contributed by atoms with Crippen molar-refractivity contribution in [2.45, 2.75) is 24.1 Å². The van der Waals surface area contributed by atoms with Gasteiger partial charge in [-0.2, -0.15) is 0 Å². The zero-order chi connectivity index (χ0) is 24.9. The van der Waals surface area contributed by atoms with E-state index < -0.39 is 12.1 Å². The van der Waals surface area contributed by atoms with Gasteiger partial charge in [-0.1, -0.05) is 42.5 Å². The van der Waals surface area contributed by atoms with Crippen LogP contribution in [0.3, 0.4) is 0 Å². The lowest BCUT2D eigenvalue weighted by Crippen LogP contribution is -2.72. The maximum Gasteiger partial charge on any atom is 0.327 e. The monoisotopic (exact) mass is 497 g/mol. The summed E-state index contributed by atoms with van der Waals surface area (Å²) < 4.78 is 5.25. The van der Waals surface area contributed by atoms with Crippen LogP contribution in [0, 0.1) is 5.92 Å². The van der Waals surface area contributed by atoms with Crippen LogP contribution in [0.15, 0.2) is 54.6 Å². The first-order valence-corrected chi connectivity index (χ1v) is 12.6. The smallest absolute Gasteiger partial charge is 0.327 e. The number of urea groups is 1. The highest BCUT2D eigenvalue weighted by atomic mass is 32.2. The molecule has 2 fully saturated rings. The number of amides is 4. The fourth-order valence-electron chi connectivity index (χ4n) is 4.39. The van der Waals surface area contributed by atoms with Crippen molar-refractivity contribution in [2.24, 2.45) is 5.92 Å². The Morgan fingerprint density at radius 2 is 1.77 bits per heavy atom. The number of fused-ring (bicyclic) bond motifs is 1. The zero-order valence-electron chi connectivity index (χ0n) is 20.1. The molecule has 2 saturated heterocycles. The molecule has 4 unspecified atom stereocenters. The third kappa shape index (κ3) is 5.61. The van der Waals surface area contributed by atoms with Crippen LogP contribution in [0.2, 0.25) is 0 Å². The molecule has 0 spiro atoms. The van der Waals surface area contributed by atoms with Crippen LogP contribution < -0.4 is 20.7 Å². The first kappa shape index (κ1) is 25.0. The SMILES string of the molecule is COc1ccc(C2NC(SCC(=O)NCCc3ccccc3)C3C(=O)N(C)C(=O)N(C)C3N2)cc1. The number of thioether (sulfide) groups is 1. The summed E-state index contributed by atoms with van der Waals surface area (Å²) in [4.78, 5) is 41.0. The van der Waals surface area contributed by atoms with E-state index in [1.165, 1.54) is 18.8 Å². The van der Waals surface area contributed by atoms with E-state index >= 15 is 0 Å². The minimum atomic E-state index is -0.542. The van der Waals surface area contributed by atoms with Crippen molar-refractivity contribution in [1.82, 2.24) is 25.8 Å². The zero-order valence-corrected chi connectivity index (χ0v) is 20.9. The number of rotatable bonds is 8. The Kier molecular flexibility index (Phi) is 7.94. The number of carbonyl (C=O) groups is 3. The van der Waals surface area contributed by atoms with Crippen LogP contribution in [0.1, 0.15) is 17.3 Å². The van der Waals surface area contributed by atoms with Crippen LogP contribution in [0.5, 0.6) is 5.75 Å². The molecule has 2 aromatic rings. The average Bonchev–Trinajstić information content (AvgIpc) is 2.89. The molecule has 3 N–H and O–H groups in total. The summed E-state index contributed by atoms with van der Waals surface area (Å²) in [6, 6.07) is 17.2. The van der Waals surface area contributed by atoms with Gasteiger partial charge in [0.2, 0.25) is 11.8 Å². The van der Waals surface area contributed by atoms with Crippen molar-refractivity contribution in [2.75, 3.05) is 33.5 Å². The maximum atomic E-state index is 13.1. The first-order valence-electron chi connectivity index (χ1n) is 11.5. The molecule has 4 amide bonds. The highest BCUT2D eigenvalue weighted by molar-refractivity contribution is 8.00. The fraction of sp³-hybridized carbons (Fsp3) is 0.400. The van der Waals surface area contributed by atoms with Crippen LogP contribution in [0.25, 0.3) is 0 Å². The molecule has 0 aromatic heterocycles. The molecule has 186 valence electrons. The Morgan fingerprint density at radius 3 is 2.46 bits per heavy atom. The highest BCUT2D eigenvalue weighted by Gasteiger charge is 2.51. The molecule has 2 aromatic carbocycles. The van der Waals surface area contributed by atoms with Gasteiger partial charge in [0.05, 0.1) is 36.5 Å². The Bertz CT molecular complexity index is 1050. The number of carbonyl (C=O) groups excluding carboxylic acids is 3. The van der Waals surface area contributed by atoms with Gasteiger partial charge in [0, 0.05) is 20.6 Å². The summed E-state index contributed by atoms with van der Waals surface area (Å²) in [6.45, 7) is 0.544. The number of benzene rings is 2. The molecule has 2 aliphatic heterocycles. The summed E-state index contributed by atoms with van der Waals surface area (Å²) in [5, 5.41) is 9.46. The van der Waals surface area contributed by atoms with Crippen molar-refractivity contribution in [3.63, 3.8) is 0 Å². The summed E-state index contributed by atoms with van der Waals surface area (Å²) in [5.74, 6) is 0.0272. The topological polar surface area (TPSA) is 103 Å². The Morgan fingerprint density at radius 1 is 1.06 bits per heavy atom. The van der Waals surface area contributed by atoms with E-state index in [4.69, 9.17) is 4.74 Å². The number of ether oxygens (including phenoxy) is 1. The molecule has 10 heteroatoms. The molecule has 9 nitrogen and oxygen atoms in total. The molecule has 0 radical (unpaired) electrons. The lowest BCUT2D eigenvalue weighted by molar-refractivity contribution is -0.140. The van der Waals surface area contributed by atoms with Gasteiger partial charge in [0.25, 0.3) is 0 Å². The lowest BCUT2D eigenvalue weighted by Gasteiger charge is -2.50. The fourth-order valence-corrected chi connectivity index (χ4v) is 5.53. The predicted octanol–water partition coefficient (Wildman–Crippen LogP) is 1.77. The van der Waals surface area contributed by atoms with E-state index in [9.17, 15) is 14.4 Å². The molecule has 0 bridgehead atoms. The number of methoxy groups -OCH3 is 1. The van der Waals surface area contributed by atoms with Gasteiger partial charge in [-0.25, -0.2) is 4.79 Å². The maximum absolute atomic E-state index is 13.1. The minimum Gasteiger partial charge on any atom is -0.497 e. The van der Waals surface area contributed by atoms with Gasteiger partial charge < -0.3 is 15.0 Å². The summed E-state index contributed by atoms with van der Waals surface area (Å²) in [7, 11) is 4.79. The third-order valence-electron chi connectivity index (χ3n) is 6.38. The van der Waals surface area contributed by atoms with Crippen molar-refractivity contribution in [1.29, 1.82) is 0 Å². The second-order valence-corrected chi connectivity index (χ2v) is 9.75. The number of hydrogen-bond acceptors (Lipinski definition) is 7. The lowest BCUT2D eigenvalue weighted by atomic mass is 9.96. The third-order valence-corrected chi connectivity index (χ3v) is 7.60. The van der Waals surface area contributed by atoms with Crippen molar-refractivity contribution >= 4 is 29.6 Å². The Labute approximate surface area is 209 Å². The van der Waals surface area contributed by atoms with Crippen LogP contribution >= 0.6 is 11.8 Å². The predicted molar refractivity (Wildman–Crippen MR) is 135 cm³/mol. The van der Waals surface area contributed by atoms with E-state index in [1.54, 1.807) is 19.1 Å². The molecular weight excluding hydrogens is 466 g/mol. The van der Waals surface area contributed by atoms with Gasteiger partial charge in [-0.3, -0.25) is 25.1 Å². The quantitative estimate of drug-likeness (QED) is 0.511. The van der Waals surface area contributed by atoms with Gasteiger partial charge in [-0.05, 0) is 29.7 Å². The Hall–Kier alpha value is -3.08. The second kappa shape index (κ2) is 11.1. The number of nitrogens with one attached hydrogen (secondary N) is 3. The summed E-state index contributed by atoms with van der Waals surface area (Å²) >= 11 is 1.38. The summed E-state index contributed by atoms with van der Waals surface area (Å²) in [5.41, 5.74) is 2.10. The van der Waals surface area contributed by atoms with Gasteiger partial charge in [0.15, 0.2) is 0 Å². The largest absolute Gasteiger partial charge is 0.497 e. The van der Waals surface area contributed by atoms with Gasteiger partial charge in [-0.15, -0.1) is 11.8 Å². The normalized spacial score (nSPS) is 24.2. The van der Waals surface area contributed by atoms with E-state index in [0.717, 1.165) is 28.2 Å². The number of nitrogens with zero attached hydrogens (tertiary/aromatic N) is 2. The first-order chi connectivity index (χ1) is 16.9. The van der Waals surface area contributed by atoms with Gasteiger partial charge >= 0.3 is 6.03 Å². The van der Waals surface area contributed by atoms with Crippen molar-refractivity contribution < 1.29 is 19.1 Å². The van der Waals surface area contributed by atoms with E-state index in [1.807, 2.05) is 54.6 Å². The molecule has 4 rings (SSSR count). The van der Waals surface area contributed by atoms with Crippen LogP contribution in [0.4, 0.5) is 4.79 Å². The standard InChI is InChI=1S/C25H31N5O4S/c1-29-22-20(24(32)30(2)25(29)33)23(28-21(27-22)17-9-11-18(34-3)12-10-17)35-15-19(31)26-14-13-16-7-5-4-6-8-16/h4-12,20-23,27-28H,13-15H2,1-3H3,(H,26,31). The molecule has 0 aliphatic carbocycles. The van der Waals surface area contributed by atoms with Crippen LogP contribution in [-0.4, -0.2) is 72.7 Å². The Balaban J connectivity index is 1.44. The van der Waals surface area contributed by atoms with E-state index in [0.29, 0.717) is 6.54 Å². The molecular formula is C25H31N5O4S. The average molecular weight is 498 g/mol. The highest BCUT2D eigenvalue weighted by Crippen LogP contribution is 2.34. The summed E-state index contributed by atoms with van der Waals surface area (Å²) in [6.07, 6.45) is -0.0612. The molecule has 0 saturated carbocycles. The molecule has 2 aliphatic rings. The molecule has 35 heavy (non-hydrogen) atoms. The van der Waals surface area contributed by atoms with Crippen molar-refractivity contribution in [3.05, 3.63) is 65.7 Å². The van der Waals surface area contributed by atoms with Crippen LogP contribution in [-0.2, 0) is 16.0 Å². The number of imide groups is 1. The number of hydrogen-bond donors (Lipinski definition) is 3. The minimum absolute atomic E-state index is 0.0927. The van der Waals surface area contributed by atoms with Gasteiger partial charge in [0.1, 0.15) is 5.75 Å². The second-order valence-electron chi connectivity index (χ2n) is 8.62. The van der Waals surface area contributed by atoms with E-state index in [2.05, 4.69) is 16.0 Å². The molecule has 2 heterocycles.